The number of nitrogens with one attached hydrogen (secondary N) is 1. The summed E-state index contributed by atoms with van der Waals surface area (Å²) in [6, 6.07) is 22.0. The minimum Gasteiger partial charge on any atom is -0.454 e. The molecule has 1 atom stereocenters. The average molecular weight is 448 g/mol. The molecule has 6 nitrogen and oxygen atoms in total. The third-order valence-electron chi connectivity index (χ3n) is 6.22. The molecule has 1 unspecified atom stereocenters. The van der Waals surface area contributed by atoms with Crippen LogP contribution in [-0.2, 0) is 0 Å². The summed E-state index contributed by atoms with van der Waals surface area (Å²) in [6.07, 6.45) is 0. The van der Waals surface area contributed by atoms with Crippen molar-refractivity contribution in [2.24, 2.45) is 0 Å². The van der Waals surface area contributed by atoms with Gasteiger partial charge in [0.15, 0.2) is 11.5 Å². The van der Waals surface area contributed by atoms with Crippen LogP contribution in [0.2, 0.25) is 0 Å². The lowest BCUT2D eigenvalue weighted by atomic mass is 10.0. The molecule has 1 fully saturated rings. The number of halogens is 1. The van der Waals surface area contributed by atoms with E-state index in [-0.39, 0.29) is 24.6 Å². The Balaban J connectivity index is 1.33. The van der Waals surface area contributed by atoms with Gasteiger partial charge in [-0.1, -0.05) is 36.4 Å². The number of anilines is 1. The number of para-hydroxylation sites is 1. The van der Waals surface area contributed by atoms with E-state index in [1.165, 1.54) is 6.07 Å². The van der Waals surface area contributed by atoms with Gasteiger partial charge in [-0.3, -0.25) is 9.69 Å². The largest absolute Gasteiger partial charge is 0.454 e. The predicted molar refractivity (Wildman–Crippen MR) is 124 cm³/mol. The summed E-state index contributed by atoms with van der Waals surface area (Å²) in [4.78, 5) is 17.1. The fraction of sp³-hybridized carbons (Fsp3) is 0.269. The van der Waals surface area contributed by atoms with Crippen LogP contribution in [0.15, 0.2) is 72.8 Å². The van der Waals surface area contributed by atoms with Crippen LogP contribution in [0.1, 0.15) is 22.0 Å². The van der Waals surface area contributed by atoms with Crippen molar-refractivity contribution in [3.05, 3.63) is 89.7 Å². The van der Waals surface area contributed by atoms with Crippen molar-refractivity contribution in [3.63, 3.8) is 0 Å². The zero-order valence-corrected chi connectivity index (χ0v) is 18.2. The van der Waals surface area contributed by atoms with Gasteiger partial charge in [0.05, 0.1) is 11.7 Å². The van der Waals surface area contributed by atoms with E-state index in [0.717, 1.165) is 30.2 Å². The Morgan fingerprint density at radius 2 is 1.64 bits per heavy atom. The first kappa shape index (κ1) is 21.3. The lowest BCUT2D eigenvalue weighted by Gasteiger charge is -2.40. The van der Waals surface area contributed by atoms with Gasteiger partial charge < -0.3 is 19.7 Å². The summed E-state index contributed by atoms with van der Waals surface area (Å²) in [5.74, 6) is 1.15. The van der Waals surface area contributed by atoms with E-state index in [0.29, 0.717) is 30.9 Å². The highest BCUT2D eigenvalue weighted by atomic mass is 19.1. The number of carbonyl (C=O) groups excluding carboxylic acids is 1. The quantitative estimate of drug-likeness (QED) is 0.622. The number of hydrogen-bond acceptors (Lipinski definition) is 5. The molecule has 5 rings (SSSR count). The van der Waals surface area contributed by atoms with Crippen LogP contribution in [0, 0.1) is 5.82 Å². The van der Waals surface area contributed by atoms with E-state index < -0.39 is 0 Å². The number of rotatable bonds is 6. The maximum atomic E-state index is 14.3. The maximum absolute atomic E-state index is 14.3. The molecular weight excluding hydrogens is 421 g/mol. The standard InChI is InChI=1S/C26H26FN3O3/c27-21-8-4-5-9-22(21)29-12-14-30(15-13-29)23(17-28-26(31)19-6-2-1-3-7-19)20-10-11-24-25(16-20)33-18-32-24/h1-11,16,23H,12-15,17-18H2,(H,28,31). The molecule has 1 saturated heterocycles. The van der Waals surface area contributed by atoms with Crippen LogP contribution in [0.5, 0.6) is 11.5 Å². The molecule has 0 saturated carbocycles. The number of benzene rings is 3. The predicted octanol–water partition coefficient (Wildman–Crippen LogP) is 3.85. The van der Waals surface area contributed by atoms with Gasteiger partial charge in [0.2, 0.25) is 6.79 Å². The van der Waals surface area contributed by atoms with Gasteiger partial charge in [-0.15, -0.1) is 0 Å². The summed E-state index contributed by atoms with van der Waals surface area (Å²) in [7, 11) is 0. The molecule has 1 amide bonds. The molecule has 1 N–H and O–H groups in total. The maximum Gasteiger partial charge on any atom is 0.251 e. The number of nitrogens with zero attached hydrogens (tertiary/aromatic N) is 2. The molecule has 0 spiro atoms. The van der Waals surface area contributed by atoms with Crippen molar-refractivity contribution in [2.45, 2.75) is 6.04 Å². The molecule has 0 radical (unpaired) electrons. The molecule has 33 heavy (non-hydrogen) atoms. The summed E-state index contributed by atoms with van der Waals surface area (Å²) >= 11 is 0. The third-order valence-corrected chi connectivity index (χ3v) is 6.22. The molecule has 3 aromatic rings. The second-order valence-corrected chi connectivity index (χ2v) is 8.18. The highest BCUT2D eigenvalue weighted by molar-refractivity contribution is 5.94. The topological polar surface area (TPSA) is 54.0 Å². The summed E-state index contributed by atoms with van der Waals surface area (Å²) in [6.45, 7) is 3.56. The van der Waals surface area contributed by atoms with Crippen LogP contribution in [0.3, 0.4) is 0 Å². The number of ether oxygens (including phenoxy) is 2. The van der Waals surface area contributed by atoms with Gasteiger partial charge in [0.1, 0.15) is 5.82 Å². The van der Waals surface area contributed by atoms with E-state index in [1.54, 1.807) is 18.2 Å². The van der Waals surface area contributed by atoms with Crippen molar-refractivity contribution in [3.8, 4) is 11.5 Å². The lowest BCUT2D eigenvalue weighted by molar-refractivity contribution is 0.0930. The fourth-order valence-corrected chi connectivity index (χ4v) is 4.44. The molecular formula is C26H26FN3O3. The Hall–Kier alpha value is -3.58. The smallest absolute Gasteiger partial charge is 0.251 e. The molecule has 7 heteroatoms. The SMILES string of the molecule is O=C(NCC(c1ccc2c(c1)OCO2)N1CCN(c2ccccc2F)CC1)c1ccccc1. The number of piperazine rings is 1. The zero-order valence-electron chi connectivity index (χ0n) is 18.2. The molecule has 2 aliphatic rings. The van der Waals surface area contributed by atoms with Crippen LogP contribution in [0.4, 0.5) is 10.1 Å². The first-order chi connectivity index (χ1) is 16.2. The molecule has 170 valence electrons. The van der Waals surface area contributed by atoms with Gasteiger partial charge in [0.25, 0.3) is 5.91 Å². The molecule has 2 aliphatic heterocycles. The highest BCUT2D eigenvalue weighted by Crippen LogP contribution is 2.36. The Morgan fingerprint density at radius 3 is 2.42 bits per heavy atom. The van der Waals surface area contributed by atoms with E-state index in [2.05, 4.69) is 15.1 Å². The molecule has 0 aromatic heterocycles. The minimum atomic E-state index is -0.201. The van der Waals surface area contributed by atoms with Crippen LogP contribution < -0.4 is 19.7 Å². The van der Waals surface area contributed by atoms with Gasteiger partial charge in [-0.05, 0) is 42.0 Å². The second-order valence-electron chi connectivity index (χ2n) is 8.18. The summed E-state index contributed by atoms with van der Waals surface area (Å²) in [5, 5.41) is 3.09. The van der Waals surface area contributed by atoms with E-state index in [9.17, 15) is 9.18 Å². The number of carbonyl (C=O) groups is 1. The highest BCUT2D eigenvalue weighted by Gasteiger charge is 2.28. The summed E-state index contributed by atoms with van der Waals surface area (Å²) in [5.41, 5.74) is 2.31. The first-order valence-corrected chi connectivity index (χ1v) is 11.2. The van der Waals surface area contributed by atoms with Gasteiger partial charge in [-0.25, -0.2) is 4.39 Å². The van der Waals surface area contributed by atoms with Crippen molar-refractivity contribution >= 4 is 11.6 Å². The van der Waals surface area contributed by atoms with E-state index in [4.69, 9.17) is 9.47 Å². The zero-order chi connectivity index (χ0) is 22.6. The van der Waals surface area contributed by atoms with Crippen molar-refractivity contribution in [1.29, 1.82) is 0 Å². The van der Waals surface area contributed by atoms with Crippen molar-refractivity contribution in [2.75, 3.05) is 44.4 Å². The molecule has 0 bridgehead atoms. The second kappa shape index (κ2) is 9.50. The molecule has 3 aromatic carbocycles. The molecule has 2 heterocycles. The first-order valence-electron chi connectivity index (χ1n) is 11.2. The minimum absolute atomic E-state index is 0.0464. The van der Waals surface area contributed by atoms with Crippen LogP contribution >= 0.6 is 0 Å². The van der Waals surface area contributed by atoms with Crippen LogP contribution in [0.25, 0.3) is 0 Å². The fourth-order valence-electron chi connectivity index (χ4n) is 4.44. The van der Waals surface area contributed by atoms with E-state index >= 15 is 0 Å². The number of amides is 1. The monoisotopic (exact) mass is 447 g/mol. The Morgan fingerprint density at radius 1 is 0.909 bits per heavy atom. The van der Waals surface area contributed by atoms with E-state index in [1.807, 2.05) is 48.5 Å². The van der Waals surface area contributed by atoms with Gasteiger partial charge >= 0.3 is 0 Å². The normalized spacial score (nSPS) is 16.5. The van der Waals surface area contributed by atoms with Crippen molar-refractivity contribution < 1.29 is 18.7 Å². The van der Waals surface area contributed by atoms with Crippen molar-refractivity contribution in [1.82, 2.24) is 10.2 Å². The lowest BCUT2D eigenvalue weighted by Crippen LogP contribution is -2.50. The number of fused-ring (bicyclic) bond motifs is 1. The Labute approximate surface area is 192 Å². The Bertz CT molecular complexity index is 1120. The van der Waals surface area contributed by atoms with Gasteiger partial charge in [0, 0.05) is 38.3 Å². The molecule has 0 aliphatic carbocycles. The summed E-state index contributed by atoms with van der Waals surface area (Å²) < 4.78 is 25.3. The van der Waals surface area contributed by atoms with Crippen LogP contribution in [-0.4, -0.2) is 50.3 Å². The third kappa shape index (κ3) is 4.64. The Kier molecular flexibility index (Phi) is 6.13. The average Bonchev–Trinajstić information content (AvgIpc) is 3.33. The number of hydrogen-bond donors (Lipinski definition) is 1. The van der Waals surface area contributed by atoms with Gasteiger partial charge in [-0.2, -0.15) is 0 Å².